The fourth-order valence-electron chi connectivity index (χ4n) is 2.12. The average molecular weight is 271 g/mol. The smallest absolute Gasteiger partial charge is 0.141 e. The Kier molecular flexibility index (Phi) is 5.86. The first-order chi connectivity index (χ1) is 8.54. The largest absolute Gasteiger partial charge is 0.299 e. The number of ketones is 1. The first-order valence-corrected chi connectivity index (χ1v) is 7.19. The lowest BCUT2D eigenvalue weighted by Crippen LogP contribution is -2.16. The molecule has 0 aliphatic rings. The minimum atomic E-state index is 0.108. The van der Waals surface area contributed by atoms with Crippen molar-refractivity contribution in [1.29, 1.82) is 0 Å². The fourth-order valence-corrected chi connectivity index (χ4v) is 2.46. The normalized spacial score (nSPS) is 12.7. The maximum absolute atomic E-state index is 12.1. The summed E-state index contributed by atoms with van der Waals surface area (Å²) in [5, 5.41) is 5.11. The third kappa shape index (κ3) is 3.35. The molecule has 0 amide bonds. The van der Waals surface area contributed by atoms with E-state index in [2.05, 4.69) is 12.0 Å². The highest BCUT2D eigenvalue weighted by atomic mass is 35.5. The molecule has 0 aliphatic carbocycles. The van der Waals surface area contributed by atoms with Gasteiger partial charge in [-0.1, -0.05) is 38.8 Å². The molecule has 1 heterocycles. The van der Waals surface area contributed by atoms with Crippen LogP contribution in [0.15, 0.2) is 0 Å². The van der Waals surface area contributed by atoms with Crippen LogP contribution < -0.4 is 0 Å². The lowest BCUT2D eigenvalue weighted by molar-refractivity contribution is -0.122. The predicted molar refractivity (Wildman–Crippen MR) is 75.1 cm³/mol. The van der Waals surface area contributed by atoms with Crippen LogP contribution in [0.3, 0.4) is 0 Å². The van der Waals surface area contributed by atoms with Gasteiger partial charge in [-0.15, -0.1) is 0 Å². The molecule has 1 rings (SSSR count). The van der Waals surface area contributed by atoms with Gasteiger partial charge in [0.2, 0.25) is 0 Å². The van der Waals surface area contributed by atoms with Crippen LogP contribution in [-0.4, -0.2) is 15.6 Å². The number of aromatic nitrogens is 2. The number of nitrogens with zero attached hydrogens (tertiary/aromatic N) is 2. The van der Waals surface area contributed by atoms with Crippen LogP contribution in [0.2, 0.25) is 5.02 Å². The number of rotatable bonds is 7. The van der Waals surface area contributed by atoms with Crippen molar-refractivity contribution in [2.24, 2.45) is 5.92 Å². The van der Waals surface area contributed by atoms with Gasteiger partial charge in [-0.2, -0.15) is 5.10 Å². The van der Waals surface area contributed by atoms with Crippen LogP contribution in [0.25, 0.3) is 0 Å². The zero-order chi connectivity index (χ0) is 13.7. The standard InChI is InChI=1S/C14H23ClN2O/c1-5-8-10(4)13(18)9-12-14(15)11(6-2)16-17(12)7-3/h10H,5-9H2,1-4H3. The molecule has 0 fully saturated rings. The highest BCUT2D eigenvalue weighted by Gasteiger charge is 2.20. The van der Waals surface area contributed by atoms with Crippen LogP contribution in [0.5, 0.6) is 0 Å². The second-order valence-corrected chi connectivity index (χ2v) is 5.09. The van der Waals surface area contributed by atoms with E-state index in [4.69, 9.17) is 11.6 Å². The van der Waals surface area contributed by atoms with Crippen molar-refractivity contribution in [3.05, 3.63) is 16.4 Å². The molecule has 0 bridgehead atoms. The molecule has 102 valence electrons. The maximum Gasteiger partial charge on any atom is 0.141 e. The number of hydrogen-bond donors (Lipinski definition) is 0. The molecule has 0 saturated carbocycles. The van der Waals surface area contributed by atoms with Crippen molar-refractivity contribution >= 4 is 17.4 Å². The molecule has 1 unspecified atom stereocenters. The topological polar surface area (TPSA) is 34.9 Å². The molecule has 4 heteroatoms. The number of Topliss-reactive ketones (excluding diaryl/α,β-unsaturated/α-hetero) is 1. The number of carbonyl (C=O) groups excluding carboxylic acids is 1. The molecular weight excluding hydrogens is 248 g/mol. The van der Waals surface area contributed by atoms with E-state index in [9.17, 15) is 4.79 Å². The molecule has 18 heavy (non-hydrogen) atoms. The Morgan fingerprint density at radius 1 is 1.39 bits per heavy atom. The van der Waals surface area contributed by atoms with Gasteiger partial charge in [-0.3, -0.25) is 9.48 Å². The fraction of sp³-hybridized carbons (Fsp3) is 0.714. The van der Waals surface area contributed by atoms with E-state index in [1.807, 2.05) is 25.5 Å². The van der Waals surface area contributed by atoms with Gasteiger partial charge in [-0.05, 0) is 19.8 Å². The third-order valence-corrected chi connectivity index (χ3v) is 3.74. The first-order valence-electron chi connectivity index (χ1n) is 6.81. The van der Waals surface area contributed by atoms with Gasteiger partial charge in [0.05, 0.1) is 22.8 Å². The summed E-state index contributed by atoms with van der Waals surface area (Å²) in [6, 6.07) is 0. The highest BCUT2D eigenvalue weighted by Crippen LogP contribution is 2.23. The molecule has 1 atom stereocenters. The summed E-state index contributed by atoms with van der Waals surface area (Å²) in [7, 11) is 0. The van der Waals surface area contributed by atoms with E-state index in [0.717, 1.165) is 37.2 Å². The Balaban J connectivity index is 2.89. The summed E-state index contributed by atoms with van der Waals surface area (Å²) in [5.74, 6) is 0.368. The van der Waals surface area contributed by atoms with Crippen molar-refractivity contribution in [3.63, 3.8) is 0 Å². The maximum atomic E-state index is 12.1. The minimum Gasteiger partial charge on any atom is -0.299 e. The van der Waals surface area contributed by atoms with E-state index < -0.39 is 0 Å². The lowest BCUT2D eigenvalue weighted by atomic mass is 9.97. The Morgan fingerprint density at radius 3 is 2.56 bits per heavy atom. The van der Waals surface area contributed by atoms with Gasteiger partial charge >= 0.3 is 0 Å². The third-order valence-electron chi connectivity index (χ3n) is 3.31. The zero-order valence-corrected chi connectivity index (χ0v) is 12.5. The Bertz CT molecular complexity index is 412. The van der Waals surface area contributed by atoms with Crippen molar-refractivity contribution in [1.82, 2.24) is 9.78 Å². The van der Waals surface area contributed by atoms with Gasteiger partial charge < -0.3 is 0 Å². The average Bonchev–Trinajstić information content (AvgIpc) is 2.66. The van der Waals surface area contributed by atoms with Crippen LogP contribution in [-0.2, 0) is 24.2 Å². The summed E-state index contributed by atoms with van der Waals surface area (Å²) in [6.07, 6.45) is 3.18. The lowest BCUT2D eigenvalue weighted by Gasteiger charge is -2.10. The second kappa shape index (κ2) is 6.93. The van der Waals surface area contributed by atoms with Crippen LogP contribution in [0, 0.1) is 5.92 Å². The molecule has 1 aromatic rings. The van der Waals surface area contributed by atoms with Crippen molar-refractivity contribution in [2.45, 2.75) is 59.9 Å². The van der Waals surface area contributed by atoms with Crippen LogP contribution in [0.4, 0.5) is 0 Å². The van der Waals surface area contributed by atoms with Gasteiger partial charge in [0.25, 0.3) is 0 Å². The molecule has 1 aromatic heterocycles. The second-order valence-electron chi connectivity index (χ2n) is 4.71. The molecule has 0 aromatic carbocycles. The van der Waals surface area contributed by atoms with Crippen molar-refractivity contribution in [2.75, 3.05) is 0 Å². The molecule has 3 nitrogen and oxygen atoms in total. The highest BCUT2D eigenvalue weighted by molar-refractivity contribution is 6.32. The minimum absolute atomic E-state index is 0.108. The number of halogens is 1. The van der Waals surface area contributed by atoms with E-state index in [0.29, 0.717) is 11.4 Å². The quantitative estimate of drug-likeness (QED) is 0.758. The summed E-state index contributed by atoms with van der Waals surface area (Å²) in [5.41, 5.74) is 1.77. The molecule has 0 radical (unpaired) electrons. The van der Waals surface area contributed by atoms with Gasteiger partial charge in [0.15, 0.2) is 0 Å². The van der Waals surface area contributed by atoms with E-state index in [1.165, 1.54) is 0 Å². The summed E-state index contributed by atoms with van der Waals surface area (Å²) < 4.78 is 1.86. The van der Waals surface area contributed by atoms with E-state index in [1.54, 1.807) is 0 Å². The Hall–Kier alpha value is -0.830. The molecule has 0 aliphatic heterocycles. The summed E-state index contributed by atoms with van der Waals surface area (Å²) in [4.78, 5) is 12.1. The summed E-state index contributed by atoms with van der Waals surface area (Å²) in [6.45, 7) is 8.89. The Morgan fingerprint density at radius 2 is 2.06 bits per heavy atom. The molecule has 0 spiro atoms. The van der Waals surface area contributed by atoms with Crippen molar-refractivity contribution in [3.8, 4) is 0 Å². The van der Waals surface area contributed by atoms with E-state index in [-0.39, 0.29) is 11.7 Å². The molecule has 0 N–H and O–H groups in total. The van der Waals surface area contributed by atoms with Crippen molar-refractivity contribution < 1.29 is 4.79 Å². The predicted octanol–water partition coefficient (Wildman–Crippen LogP) is 3.67. The van der Waals surface area contributed by atoms with Crippen LogP contribution in [0.1, 0.15) is 51.9 Å². The zero-order valence-electron chi connectivity index (χ0n) is 11.8. The summed E-state index contributed by atoms with van der Waals surface area (Å²) >= 11 is 6.30. The molecular formula is C14H23ClN2O. The number of aryl methyl sites for hydroxylation is 2. The SMILES string of the molecule is CCCC(C)C(=O)Cc1c(Cl)c(CC)nn1CC. The number of hydrogen-bond acceptors (Lipinski definition) is 2. The Labute approximate surface area is 115 Å². The van der Waals surface area contributed by atoms with Crippen LogP contribution >= 0.6 is 11.6 Å². The monoisotopic (exact) mass is 270 g/mol. The van der Waals surface area contributed by atoms with E-state index >= 15 is 0 Å². The van der Waals surface area contributed by atoms with Gasteiger partial charge in [0, 0.05) is 12.5 Å². The number of carbonyl (C=O) groups is 1. The molecule has 0 saturated heterocycles. The van der Waals surface area contributed by atoms with Gasteiger partial charge in [0.1, 0.15) is 5.78 Å². The first kappa shape index (κ1) is 15.2. The van der Waals surface area contributed by atoms with Gasteiger partial charge in [-0.25, -0.2) is 0 Å².